The highest BCUT2D eigenvalue weighted by molar-refractivity contribution is 7.98. The van der Waals surface area contributed by atoms with E-state index in [1.54, 1.807) is 24.3 Å². The number of thioether (sulfide) groups is 1. The highest BCUT2D eigenvalue weighted by atomic mass is 32.2. The molecule has 0 spiro atoms. The van der Waals surface area contributed by atoms with Crippen LogP contribution in [-0.2, 0) is 14.6 Å². The largest absolute Gasteiger partial charge is 0.325 e. The van der Waals surface area contributed by atoms with Crippen molar-refractivity contribution in [2.45, 2.75) is 16.2 Å². The summed E-state index contributed by atoms with van der Waals surface area (Å²) in [5.74, 6) is -0.509. The first-order chi connectivity index (χ1) is 10.5. The number of amides is 1. The molecule has 0 saturated carbocycles. The van der Waals surface area contributed by atoms with Gasteiger partial charge >= 0.3 is 0 Å². The molecule has 6 heteroatoms. The number of nitrogens with one attached hydrogen (secondary N) is 1. The van der Waals surface area contributed by atoms with Crippen molar-refractivity contribution >= 4 is 33.2 Å². The van der Waals surface area contributed by atoms with Crippen molar-refractivity contribution in [3.63, 3.8) is 0 Å². The number of hydrogen-bond donors (Lipinski definition) is 1. The normalized spacial score (nSPS) is 11.1. The smallest absolute Gasteiger partial charge is 0.225 e. The van der Waals surface area contributed by atoms with Crippen LogP contribution in [0.2, 0.25) is 0 Å². The van der Waals surface area contributed by atoms with Gasteiger partial charge in [-0.2, -0.15) is 0 Å². The first-order valence-electron chi connectivity index (χ1n) is 6.73. The van der Waals surface area contributed by atoms with Gasteiger partial charge in [-0.25, -0.2) is 8.42 Å². The zero-order valence-electron chi connectivity index (χ0n) is 12.2. The first-order valence-corrected chi connectivity index (χ1v) is 9.61. The van der Waals surface area contributed by atoms with Gasteiger partial charge in [-0.05, 0) is 30.5 Å². The summed E-state index contributed by atoms with van der Waals surface area (Å²) in [7, 11) is -3.43. The van der Waals surface area contributed by atoms with Gasteiger partial charge in [0.25, 0.3) is 0 Å². The minimum absolute atomic E-state index is 0.0695. The molecule has 0 aliphatic carbocycles. The number of para-hydroxylation sites is 1. The van der Waals surface area contributed by atoms with Gasteiger partial charge in [-0.3, -0.25) is 4.79 Å². The number of benzene rings is 2. The minimum atomic E-state index is -3.43. The average molecular weight is 335 g/mol. The summed E-state index contributed by atoms with van der Waals surface area (Å²) in [5, 5.41) is 2.76. The van der Waals surface area contributed by atoms with E-state index < -0.39 is 9.84 Å². The Kier molecular flexibility index (Phi) is 5.63. The van der Waals surface area contributed by atoms with E-state index in [9.17, 15) is 13.2 Å². The molecule has 0 atom stereocenters. The fourth-order valence-corrected chi connectivity index (χ4v) is 3.75. The van der Waals surface area contributed by atoms with Crippen molar-refractivity contribution < 1.29 is 13.2 Å². The molecule has 0 radical (unpaired) electrons. The van der Waals surface area contributed by atoms with E-state index in [0.29, 0.717) is 5.69 Å². The van der Waals surface area contributed by atoms with E-state index in [-0.39, 0.29) is 23.0 Å². The maximum Gasteiger partial charge on any atom is 0.225 e. The molecular weight excluding hydrogens is 318 g/mol. The van der Waals surface area contributed by atoms with Crippen molar-refractivity contribution in [1.82, 2.24) is 0 Å². The third-order valence-corrected chi connectivity index (χ3v) is 5.61. The number of sulfone groups is 1. The monoisotopic (exact) mass is 335 g/mol. The average Bonchev–Trinajstić information content (AvgIpc) is 2.54. The van der Waals surface area contributed by atoms with Crippen molar-refractivity contribution in [1.29, 1.82) is 0 Å². The van der Waals surface area contributed by atoms with Crippen molar-refractivity contribution in [2.24, 2.45) is 0 Å². The topological polar surface area (TPSA) is 63.2 Å². The van der Waals surface area contributed by atoms with Gasteiger partial charge in [0, 0.05) is 11.3 Å². The van der Waals surface area contributed by atoms with E-state index in [0.717, 1.165) is 4.90 Å². The standard InChI is InChI=1S/C16H17NO3S2/c1-21-15-10-6-5-9-14(15)17-16(18)11-12-22(19,20)13-7-3-2-4-8-13/h2-10H,11-12H2,1H3,(H,17,18). The van der Waals surface area contributed by atoms with Crippen LogP contribution in [0.5, 0.6) is 0 Å². The molecular formula is C16H17NO3S2. The number of carbonyl (C=O) groups excluding carboxylic acids is 1. The van der Waals surface area contributed by atoms with Gasteiger partial charge in [0.05, 0.1) is 16.3 Å². The van der Waals surface area contributed by atoms with Crippen molar-refractivity contribution in [3.8, 4) is 0 Å². The second kappa shape index (κ2) is 7.47. The van der Waals surface area contributed by atoms with Gasteiger partial charge in [-0.1, -0.05) is 30.3 Å². The van der Waals surface area contributed by atoms with Crippen LogP contribution < -0.4 is 5.32 Å². The third kappa shape index (κ3) is 4.35. The number of anilines is 1. The molecule has 2 aromatic rings. The molecule has 0 fully saturated rings. The summed E-state index contributed by atoms with van der Waals surface area (Å²) in [6, 6.07) is 15.6. The van der Waals surface area contributed by atoms with Crippen LogP contribution in [0.4, 0.5) is 5.69 Å². The van der Waals surface area contributed by atoms with E-state index >= 15 is 0 Å². The Morgan fingerprint density at radius 1 is 1.05 bits per heavy atom. The zero-order valence-corrected chi connectivity index (χ0v) is 13.8. The Morgan fingerprint density at radius 2 is 1.68 bits per heavy atom. The highest BCUT2D eigenvalue weighted by Gasteiger charge is 2.16. The van der Waals surface area contributed by atoms with Crippen LogP contribution in [0.25, 0.3) is 0 Å². The van der Waals surface area contributed by atoms with Crippen LogP contribution in [-0.4, -0.2) is 26.3 Å². The van der Waals surface area contributed by atoms with Crippen LogP contribution in [0.15, 0.2) is 64.4 Å². The molecule has 0 unspecified atom stereocenters. The number of carbonyl (C=O) groups is 1. The lowest BCUT2D eigenvalue weighted by molar-refractivity contribution is -0.115. The lowest BCUT2D eigenvalue weighted by atomic mass is 10.3. The summed E-state index contributed by atoms with van der Waals surface area (Å²) >= 11 is 1.52. The predicted molar refractivity (Wildman–Crippen MR) is 90.0 cm³/mol. The van der Waals surface area contributed by atoms with E-state index in [2.05, 4.69) is 5.32 Å². The molecule has 4 nitrogen and oxygen atoms in total. The highest BCUT2D eigenvalue weighted by Crippen LogP contribution is 2.24. The van der Waals surface area contributed by atoms with Crippen LogP contribution >= 0.6 is 11.8 Å². The maximum absolute atomic E-state index is 12.1. The molecule has 116 valence electrons. The Hall–Kier alpha value is -1.79. The van der Waals surface area contributed by atoms with Gasteiger partial charge < -0.3 is 5.32 Å². The van der Waals surface area contributed by atoms with Gasteiger partial charge in [-0.15, -0.1) is 11.8 Å². The number of rotatable bonds is 6. The fourth-order valence-electron chi connectivity index (χ4n) is 1.93. The van der Waals surface area contributed by atoms with Gasteiger partial charge in [0.2, 0.25) is 5.91 Å². The van der Waals surface area contributed by atoms with E-state index in [1.807, 2.05) is 24.5 Å². The van der Waals surface area contributed by atoms with Crippen molar-refractivity contribution in [3.05, 3.63) is 54.6 Å². The lowest BCUT2D eigenvalue weighted by Crippen LogP contribution is -2.17. The molecule has 2 aromatic carbocycles. The summed E-state index contributed by atoms with van der Waals surface area (Å²) in [6.45, 7) is 0. The first kappa shape index (κ1) is 16.6. The quantitative estimate of drug-likeness (QED) is 0.823. The third-order valence-electron chi connectivity index (χ3n) is 3.08. The molecule has 0 heterocycles. The van der Waals surface area contributed by atoms with E-state index in [1.165, 1.54) is 23.9 Å². The predicted octanol–water partition coefficient (Wildman–Crippen LogP) is 3.21. The lowest BCUT2D eigenvalue weighted by Gasteiger charge is -2.09. The maximum atomic E-state index is 12.1. The minimum Gasteiger partial charge on any atom is -0.325 e. The summed E-state index contributed by atoms with van der Waals surface area (Å²) < 4.78 is 24.3. The zero-order chi connectivity index (χ0) is 16.0. The molecule has 1 N–H and O–H groups in total. The molecule has 22 heavy (non-hydrogen) atoms. The molecule has 1 amide bonds. The molecule has 2 rings (SSSR count). The SMILES string of the molecule is CSc1ccccc1NC(=O)CCS(=O)(=O)c1ccccc1. The van der Waals surface area contributed by atoms with Crippen LogP contribution in [0, 0.1) is 0 Å². The second-order valence-corrected chi connectivity index (χ2v) is 7.59. The van der Waals surface area contributed by atoms with Gasteiger partial charge in [0.1, 0.15) is 0 Å². The summed E-state index contributed by atoms with van der Waals surface area (Å²) in [4.78, 5) is 13.2. The Labute approximate surface area is 134 Å². The van der Waals surface area contributed by atoms with Crippen molar-refractivity contribution in [2.75, 3.05) is 17.3 Å². The summed E-state index contributed by atoms with van der Waals surface area (Å²) in [6.07, 6.45) is 1.85. The molecule has 0 aliphatic rings. The van der Waals surface area contributed by atoms with Crippen LogP contribution in [0.3, 0.4) is 0 Å². The molecule has 0 aliphatic heterocycles. The van der Waals surface area contributed by atoms with E-state index in [4.69, 9.17) is 0 Å². The van der Waals surface area contributed by atoms with Gasteiger partial charge in [0.15, 0.2) is 9.84 Å². The Morgan fingerprint density at radius 3 is 2.36 bits per heavy atom. The van der Waals surface area contributed by atoms with Crippen LogP contribution in [0.1, 0.15) is 6.42 Å². The number of hydrogen-bond acceptors (Lipinski definition) is 4. The summed E-state index contributed by atoms with van der Waals surface area (Å²) in [5.41, 5.74) is 0.706. The fraction of sp³-hybridized carbons (Fsp3) is 0.188. The Balaban J connectivity index is 1.99. The molecule has 0 bridgehead atoms. The molecule has 0 aromatic heterocycles. The molecule has 0 saturated heterocycles. The Bertz CT molecular complexity index is 743. The second-order valence-electron chi connectivity index (χ2n) is 4.63.